The Labute approximate surface area is 168 Å². The molecule has 0 atom stereocenters. The normalized spacial score (nSPS) is 18.8. The van der Waals surface area contributed by atoms with Gasteiger partial charge in [-0.1, -0.05) is 18.2 Å². The molecule has 4 rings (SSSR count). The van der Waals surface area contributed by atoms with Gasteiger partial charge in [0.05, 0.1) is 22.7 Å². The Morgan fingerprint density at radius 1 is 1.03 bits per heavy atom. The molecule has 29 heavy (non-hydrogen) atoms. The number of piperazine rings is 1. The number of benzene rings is 2. The highest BCUT2D eigenvalue weighted by Gasteiger charge is 2.33. The van der Waals surface area contributed by atoms with E-state index in [1.54, 1.807) is 6.07 Å². The average Bonchev–Trinajstić information content (AvgIpc) is 2.71. The molecule has 0 saturated carbocycles. The van der Waals surface area contributed by atoms with Crippen LogP contribution in [0, 0.1) is 0 Å². The minimum Gasteiger partial charge on any atom is -0.369 e. The van der Waals surface area contributed by atoms with Gasteiger partial charge < -0.3 is 10.2 Å². The van der Waals surface area contributed by atoms with Crippen LogP contribution in [0.4, 0.5) is 11.4 Å². The molecular formula is C20H20N4O4S. The number of anilines is 1. The number of hydrogen-bond acceptors (Lipinski definition) is 7. The molecule has 0 aromatic heterocycles. The number of carbonyl (C=O) groups excluding carboxylic acids is 2. The van der Waals surface area contributed by atoms with E-state index in [4.69, 9.17) is 5.14 Å². The number of nitrogens with one attached hydrogen (secondary N) is 1. The van der Waals surface area contributed by atoms with Crippen molar-refractivity contribution in [1.29, 1.82) is 0 Å². The SMILES string of the molecule is NS(=O)(=O)c1cccc2c1C(=O)CC(=Nc1cccc(N3CCNCC3)c1)C2=O. The van der Waals surface area contributed by atoms with Crippen molar-refractivity contribution in [2.75, 3.05) is 31.1 Å². The predicted octanol–water partition coefficient (Wildman–Crippen LogP) is 1.29. The largest absolute Gasteiger partial charge is 0.369 e. The molecule has 150 valence electrons. The summed E-state index contributed by atoms with van der Waals surface area (Å²) in [6, 6.07) is 11.6. The number of nitrogens with two attached hydrogens (primary N) is 1. The van der Waals surface area contributed by atoms with Crippen molar-refractivity contribution < 1.29 is 18.0 Å². The average molecular weight is 412 g/mol. The topological polar surface area (TPSA) is 122 Å². The summed E-state index contributed by atoms with van der Waals surface area (Å²) in [6.07, 6.45) is -0.268. The third kappa shape index (κ3) is 3.84. The first-order chi connectivity index (χ1) is 13.8. The second-order valence-corrected chi connectivity index (χ2v) is 8.50. The van der Waals surface area contributed by atoms with E-state index in [1.165, 1.54) is 18.2 Å². The lowest BCUT2D eigenvalue weighted by molar-refractivity contribution is 0.0962. The van der Waals surface area contributed by atoms with Crippen molar-refractivity contribution in [3.63, 3.8) is 0 Å². The van der Waals surface area contributed by atoms with E-state index < -0.39 is 21.6 Å². The molecule has 2 aromatic rings. The quantitative estimate of drug-likeness (QED) is 0.783. The van der Waals surface area contributed by atoms with Crippen LogP contribution in [0.3, 0.4) is 0 Å². The lowest BCUT2D eigenvalue weighted by atomic mass is 9.88. The van der Waals surface area contributed by atoms with Crippen molar-refractivity contribution in [2.24, 2.45) is 10.1 Å². The maximum absolute atomic E-state index is 12.9. The molecule has 0 spiro atoms. The Morgan fingerprint density at radius 3 is 2.48 bits per heavy atom. The Hall–Kier alpha value is -2.88. The molecule has 0 amide bonds. The van der Waals surface area contributed by atoms with Gasteiger partial charge in [-0.15, -0.1) is 0 Å². The standard InChI is InChI=1S/C20H20N4O4S/c21-29(27,28)18-6-2-5-15-19(18)17(25)12-16(20(15)26)23-13-3-1-4-14(11-13)24-9-7-22-8-10-24/h1-6,11,22H,7-10,12H2,(H2,21,27,28). The Bertz CT molecular complexity index is 1130. The van der Waals surface area contributed by atoms with Gasteiger partial charge in [-0.2, -0.15) is 0 Å². The van der Waals surface area contributed by atoms with Crippen LogP contribution in [0.1, 0.15) is 27.1 Å². The number of rotatable bonds is 3. The maximum Gasteiger partial charge on any atom is 0.238 e. The first-order valence-electron chi connectivity index (χ1n) is 9.21. The number of fused-ring (bicyclic) bond motifs is 1. The zero-order chi connectivity index (χ0) is 20.6. The molecule has 0 radical (unpaired) electrons. The third-order valence-electron chi connectivity index (χ3n) is 5.02. The number of Topliss-reactive ketones (excluding diaryl/α,β-unsaturated/α-hetero) is 2. The lowest BCUT2D eigenvalue weighted by Gasteiger charge is -2.29. The molecule has 1 heterocycles. The van der Waals surface area contributed by atoms with Crippen molar-refractivity contribution in [1.82, 2.24) is 5.32 Å². The van der Waals surface area contributed by atoms with Gasteiger partial charge in [0.1, 0.15) is 0 Å². The zero-order valence-electron chi connectivity index (χ0n) is 15.6. The van der Waals surface area contributed by atoms with Crippen molar-refractivity contribution >= 4 is 38.7 Å². The minimum atomic E-state index is -4.12. The summed E-state index contributed by atoms with van der Waals surface area (Å²) in [5.74, 6) is -0.945. The smallest absolute Gasteiger partial charge is 0.238 e. The molecule has 0 unspecified atom stereocenters. The summed E-state index contributed by atoms with van der Waals surface area (Å²) in [5, 5.41) is 8.50. The molecule has 2 aromatic carbocycles. The lowest BCUT2D eigenvalue weighted by Crippen LogP contribution is -2.43. The van der Waals surface area contributed by atoms with Crippen LogP contribution < -0.4 is 15.4 Å². The summed E-state index contributed by atoms with van der Waals surface area (Å²) >= 11 is 0. The second-order valence-electron chi connectivity index (χ2n) is 6.97. The van der Waals surface area contributed by atoms with Crippen molar-refractivity contribution in [3.8, 4) is 0 Å². The maximum atomic E-state index is 12.9. The van der Waals surface area contributed by atoms with Gasteiger partial charge in [-0.3, -0.25) is 9.59 Å². The molecule has 8 nitrogen and oxygen atoms in total. The van der Waals surface area contributed by atoms with E-state index in [9.17, 15) is 18.0 Å². The highest BCUT2D eigenvalue weighted by Crippen LogP contribution is 2.28. The molecular weight excluding hydrogens is 392 g/mol. The van der Waals surface area contributed by atoms with E-state index in [2.05, 4.69) is 15.2 Å². The van der Waals surface area contributed by atoms with Crippen molar-refractivity contribution in [2.45, 2.75) is 11.3 Å². The summed E-state index contributed by atoms with van der Waals surface area (Å²) in [6.45, 7) is 3.55. The van der Waals surface area contributed by atoms with Crippen LogP contribution in [0.2, 0.25) is 0 Å². The summed E-state index contributed by atoms with van der Waals surface area (Å²) < 4.78 is 23.6. The molecule has 1 fully saturated rings. The number of carbonyl (C=O) groups is 2. The fraction of sp³-hybridized carbons (Fsp3) is 0.250. The Kier molecular flexibility index (Phi) is 5.03. The van der Waals surface area contributed by atoms with E-state index >= 15 is 0 Å². The van der Waals surface area contributed by atoms with Gasteiger partial charge in [0.2, 0.25) is 15.8 Å². The molecule has 2 aliphatic rings. The Balaban J connectivity index is 1.71. The monoisotopic (exact) mass is 412 g/mol. The molecule has 1 aliphatic heterocycles. The third-order valence-corrected chi connectivity index (χ3v) is 5.98. The number of aliphatic imine (C=N–C) groups is 1. The number of ketones is 2. The van der Waals surface area contributed by atoms with E-state index in [0.29, 0.717) is 5.69 Å². The second kappa shape index (κ2) is 7.51. The van der Waals surface area contributed by atoms with Crippen LogP contribution in [0.25, 0.3) is 0 Å². The zero-order valence-corrected chi connectivity index (χ0v) is 16.4. The van der Waals surface area contributed by atoms with Crippen LogP contribution in [0.5, 0.6) is 0 Å². The molecule has 9 heteroatoms. The van der Waals surface area contributed by atoms with Crippen molar-refractivity contribution in [3.05, 3.63) is 53.6 Å². The van der Waals surface area contributed by atoms with E-state index in [0.717, 1.165) is 31.9 Å². The highest BCUT2D eigenvalue weighted by molar-refractivity contribution is 7.89. The van der Waals surface area contributed by atoms with Gasteiger partial charge in [0.15, 0.2) is 5.78 Å². The van der Waals surface area contributed by atoms with Gasteiger partial charge in [-0.25, -0.2) is 18.5 Å². The predicted molar refractivity (Wildman–Crippen MR) is 110 cm³/mol. The summed E-state index contributed by atoms with van der Waals surface area (Å²) in [5.41, 5.74) is 1.54. The number of nitrogens with zero attached hydrogens (tertiary/aromatic N) is 2. The number of sulfonamides is 1. The first kappa shape index (κ1) is 19.4. The minimum absolute atomic E-state index is 0.0183. The van der Waals surface area contributed by atoms with E-state index in [1.807, 2.05) is 18.2 Å². The first-order valence-corrected chi connectivity index (χ1v) is 10.8. The summed E-state index contributed by atoms with van der Waals surface area (Å²) in [7, 11) is -4.12. The van der Waals surface area contributed by atoms with Gasteiger partial charge in [0, 0.05) is 43.0 Å². The van der Waals surface area contributed by atoms with Crippen LogP contribution in [-0.4, -0.2) is 51.9 Å². The number of primary sulfonamides is 1. The molecule has 1 saturated heterocycles. The van der Waals surface area contributed by atoms with Crippen LogP contribution in [-0.2, 0) is 10.0 Å². The fourth-order valence-electron chi connectivity index (χ4n) is 3.65. The van der Waals surface area contributed by atoms with Crippen LogP contribution >= 0.6 is 0 Å². The van der Waals surface area contributed by atoms with E-state index in [-0.39, 0.29) is 28.2 Å². The summed E-state index contributed by atoms with van der Waals surface area (Å²) in [4.78, 5) is 31.9. The van der Waals surface area contributed by atoms with Gasteiger partial charge in [-0.05, 0) is 24.3 Å². The Morgan fingerprint density at radius 2 is 1.76 bits per heavy atom. The van der Waals surface area contributed by atoms with Gasteiger partial charge >= 0.3 is 0 Å². The highest BCUT2D eigenvalue weighted by atomic mass is 32.2. The van der Waals surface area contributed by atoms with Crippen LogP contribution in [0.15, 0.2) is 52.4 Å². The van der Waals surface area contributed by atoms with Gasteiger partial charge in [0.25, 0.3) is 0 Å². The number of hydrogen-bond donors (Lipinski definition) is 2. The molecule has 1 aliphatic carbocycles. The fourth-order valence-corrected chi connectivity index (χ4v) is 4.43. The molecule has 3 N–H and O–H groups in total. The molecule has 0 bridgehead atoms.